The number of hydrogen-bond acceptors (Lipinski definition) is 2. The van der Waals surface area contributed by atoms with Crippen molar-refractivity contribution in [1.82, 2.24) is 10.6 Å². The van der Waals surface area contributed by atoms with Crippen molar-refractivity contribution in [2.75, 3.05) is 26.2 Å². The molecule has 1 aliphatic carbocycles. The SMILES string of the molecule is CC(C)CNCC1CC12CCNCC2. The molecule has 2 fully saturated rings. The Morgan fingerprint density at radius 3 is 2.71 bits per heavy atom. The molecule has 2 aliphatic rings. The summed E-state index contributed by atoms with van der Waals surface area (Å²) in [6, 6.07) is 0. The number of hydrogen-bond donors (Lipinski definition) is 2. The first-order valence-corrected chi connectivity index (χ1v) is 6.14. The molecule has 1 atom stereocenters. The Bertz CT molecular complexity index is 183. The van der Waals surface area contributed by atoms with Crippen LogP contribution in [0, 0.1) is 17.3 Å². The van der Waals surface area contributed by atoms with Crippen molar-refractivity contribution in [2.45, 2.75) is 33.1 Å². The van der Waals surface area contributed by atoms with Gasteiger partial charge in [0.25, 0.3) is 0 Å². The van der Waals surface area contributed by atoms with Gasteiger partial charge in [-0.25, -0.2) is 0 Å². The second-order valence-electron chi connectivity index (χ2n) is 5.57. The van der Waals surface area contributed by atoms with Crippen LogP contribution in [0.1, 0.15) is 33.1 Å². The van der Waals surface area contributed by atoms with Gasteiger partial charge in [0.1, 0.15) is 0 Å². The minimum atomic E-state index is 0.759. The zero-order valence-electron chi connectivity index (χ0n) is 9.60. The fourth-order valence-electron chi connectivity index (χ4n) is 2.80. The Kier molecular flexibility index (Phi) is 3.13. The normalized spacial score (nSPS) is 29.8. The molecule has 1 saturated heterocycles. The molecule has 0 amide bonds. The molecule has 1 unspecified atom stereocenters. The molecule has 14 heavy (non-hydrogen) atoms. The smallest absolute Gasteiger partial charge is 0.00149 e. The fraction of sp³-hybridized carbons (Fsp3) is 1.00. The molecule has 2 N–H and O–H groups in total. The lowest BCUT2D eigenvalue weighted by molar-refractivity contribution is 0.317. The van der Waals surface area contributed by atoms with Crippen LogP contribution in [0.2, 0.25) is 0 Å². The molecule has 1 heterocycles. The van der Waals surface area contributed by atoms with Crippen LogP contribution in [0.25, 0.3) is 0 Å². The average Bonchev–Trinajstić information content (AvgIpc) is 2.79. The fourth-order valence-corrected chi connectivity index (χ4v) is 2.80. The summed E-state index contributed by atoms with van der Waals surface area (Å²) in [5.74, 6) is 1.78. The van der Waals surface area contributed by atoms with Crippen molar-refractivity contribution in [3.05, 3.63) is 0 Å². The van der Waals surface area contributed by atoms with E-state index in [1.54, 1.807) is 0 Å². The second kappa shape index (κ2) is 4.19. The van der Waals surface area contributed by atoms with E-state index in [4.69, 9.17) is 0 Å². The van der Waals surface area contributed by atoms with Crippen LogP contribution in [-0.4, -0.2) is 26.2 Å². The first-order chi connectivity index (χ1) is 6.73. The third kappa shape index (κ3) is 2.29. The summed E-state index contributed by atoms with van der Waals surface area (Å²) >= 11 is 0. The van der Waals surface area contributed by atoms with Crippen molar-refractivity contribution < 1.29 is 0 Å². The zero-order valence-corrected chi connectivity index (χ0v) is 9.60. The number of rotatable bonds is 4. The van der Waals surface area contributed by atoms with E-state index >= 15 is 0 Å². The van der Waals surface area contributed by atoms with Crippen molar-refractivity contribution in [1.29, 1.82) is 0 Å². The van der Waals surface area contributed by atoms with Crippen LogP contribution in [0.3, 0.4) is 0 Å². The van der Waals surface area contributed by atoms with Crippen LogP contribution in [0.15, 0.2) is 0 Å². The molecule has 0 aromatic carbocycles. The summed E-state index contributed by atoms with van der Waals surface area (Å²) < 4.78 is 0. The first-order valence-electron chi connectivity index (χ1n) is 6.14. The maximum absolute atomic E-state index is 3.60. The molecule has 82 valence electrons. The summed E-state index contributed by atoms with van der Waals surface area (Å²) in [6.07, 6.45) is 4.32. The van der Waals surface area contributed by atoms with E-state index in [9.17, 15) is 0 Å². The second-order valence-corrected chi connectivity index (χ2v) is 5.57. The molecular formula is C12H24N2. The van der Waals surface area contributed by atoms with Gasteiger partial charge >= 0.3 is 0 Å². The highest BCUT2D eigenvalue weighted by Crippen LogP contribution is 2.58. The van der Waals surface area contributed by atoms with E-state index in [0.717, 1.165) is 17.3 Å². The van der Waals surface area contributed by atoms with Gasteiger partial charge in [-0.3, -0.25) is 0 Å². The minimum absolute atomic E-state index is 0.759. The summed E-state index contributed by atoms with van der Waals surface area (Å²) in [7, 11) is 0. The third-order valence-electron chi connectivity index (χ3n) is 3.90. The lowest BCUT2D eigenvalue weighted by Gasteiger charge is -2.23. The Hall–Kier alpha value is -0.0800. The molecule has 1 saturated carbocycles. The molecule has 1 aliphatic heterocycles. The maximum atomic E-state index is 3.60. The van der Waals surface area contributed by atoms with Crippen molar-refractivity contribution in [3.8, 4) is 0 Å². The van der Waals surface area contributed by atoms with Gasteiger partial charge in [-0.2, -0.15) is 0 Å². The van der Waals surface area contributed by atoms with Crippen LogP contribution in [0.4, 0.5) is 0 Å². The Morgan fingerprint density at radius 2 is 2.07 bits per heavy atom. The number of piperidine rings is 1. The zero-order chi connectivity index (χ0) is 10.0. The molecule has 1 spiro atoms. The topological polar surface area (TPSA) is 24.1 Å². The van der Waals surface area contributed by atoms with Crippen LogP contribution >= 0.6 is 0 Å². The Morgan fingerprint density at radius 1 is 1.36 bits per heavy atom. The standard InChI is InChI=1S/C12H24N2/c1-10(2)8-14-9-11-7-12(11)3-5-13-6-4-12/h10-11,13-14H,3-9H2,1-2H3. The molecule has 0 aromatic heterocycles. The summed E-state index contributed by atoms with van der Waals surface area (Å²) in [5, 5.41) is 7.05. The highest BCUT2D eigenvalue weighted by molar-refractivity contribution is 5.04. The van der Waals surface area contributed by atoms with Crippen molar-refractivity contribution >= 4 is 0 Å². The predicted molar refractivity (Wildman–Crippen MR) is 60.4 cm³/mol. The van der Waals surface area contributed by atoms with E-state index in [0.29, 0.717) is 0 Å². The predicted octanol–water partition coefficient (Wildman–Crippen LogP) is 1.62. The van der Waals surface area contributed by atoms with Crippen molar-refractivity contribution in [3.63, 3.8) is 0 Å². The minimum Gasteiger partial charge on any atom is -0.317 e. The third-order valence-corrected chi connectivity index (χ3v) is 3.90. The molecule has 2 nitrogen and oxygen atoms in total. The number of nitrogens with one attached hydrogen (secondary N) is 2. The van der Waals surface area contributed by atoms with E-state index in [2.05, 4.69) is 24.5 Å². The van der Waals surface area contributed by atoms with Gasteiger partial charge in [-0.1, -0.05) is 13.8 Å². The Labute approximate surface area is 87.8 Å². The van der Waals surface area contributed by atoms with Gasteiger partial charge in [0.05, 0.1) is 0 Å². The van der Waals surface area contributed by atoms with E-state index in [1.165, 1.54) is 45.4 Å². The monoisotopic (exact) mass is 196 g/mol. The van der Waals surface area contributed by atoms with Gasteiger partial charge in [0.2, 0.25) is 0 Å². The van der Waals surface area contributed by atoms with Crippen LogP contribution in [0.5, 0.6) is 0 Å². The van der Waals surface area contributed by atoms with Gasteiger partial charge < -0.3 is 10.6 Å². The van der Waals surface area contributed by atoms with Gasteiger partial charge in [0, 0.05) is 0 Å². The van der Waals surface area contributed by atoms with E-state index < -0.39 is 0 Å². The average molecular weight is 196 g/mol. The molecule has 0 aromatic rings. The van der Waals surface area contributed by atoms with E-state index in [-0.39, 0.29) is 0 Å². The van der Waals surface area contributed by atoms with Gasteiger partial charge in [-0.05, 0) is 62.7 Å². The molecule has 2 heteroatoms. The largest absolute Gasteiger partial charge is 0.317 e. The highest BCUT2D eigenvalue weighted by Gasteiger charge is 2.52. The summed E-state index contributed by atoms with van der Waals surface area (Å²) in [6.45, 7) is 9.50. The summed E-state index contributed by atoms with van der Waals surface area (Å²) in [4.78, 5) is 0. The lowest BCUT2D eigenvalue weighted by Crippen LogP contribution is -2.31. The van der Waals surface area contributed by atoms with Gasteiger partial charge in [-0.15, -0.1) is 0 Å². The molecular weight excluding hydrogens is 172 g/mol. The molecule has 0 radical (unpaired) electrons. The molecule has 0 bridgehead atoms. The van der Waals surface area contributed by atoms with Crippen molar-refractivity contribution in [2.24, 2.45) is 17.3 Å². The lowest BCUT2D eigenvalue weighted by atomic mass is 9.92. The van der Waals surface area contributed by atoms with E-state index in [1.807, 2.05) is 0 Å². The maximum Gasteiger partial charge on any atom is -0.00149 e. The molecule has 2 rings (SSSR count). The Balaban J connectivity index is 1.65. The first kappa shape index (κ1) is 10.4. The summed E-state index contributed by atoms with van der Waals surface area (Å²) in [5.41, 5.74) is 0.759. The van der Waals surface area contributed by atoms with Gasteiger partial charge in [0.15, 0.2) is 0 Å². The quantitative estimate of drug-likeness (QED) is 0.714. The highest BCUT2D eigenvalue weighted by atomic mass is 14.9. The van der Waals surface area contributed by atoms with Crippen LogP contribution < -0.4 is 10.6 Å². The van der Waals surface area contributed by atoms with Crippen LogP contribution in [-0.2, 0) is 0 Å².